The van der Waals surface area contributed by atoms with E-state index in [-0.39, 0.29) is 0 Å². The molecule has 0 aliphatic heterocycles. The van der Waals surface area contributed by atoms with Gasteiger partial charge in [-0.25, -0.2) is 4.98 Å². The van der Waals surface area contributed by atoms with Gasteiger partial charge < -0.3 is 10.1 Å². The van der Waals surface area contributed by atoms with E-state index >= 15 is 0 Å². The van der Waals surface area contributed by atoms with Crippen molar-refractivity contribution in [1.29, 1.82) is 0 Å². The van der Waals surface area contributed by atoms with Gasteiger partial charge in [0, 0.05) is 18.5 Å². The Balaban J connectivity index is 2.07. The fourth-order valence-corrected chi connectivity index (χ4v) is 2.86. The molecule has 22 heavy (non-hydrogen) atoms. The van der Waals surface area contributed by atoms with E-state index in [4.69, 9.17) is 9.72 Å². The molecule has 4 nitrogen and oxygen atoms in total. The third-order valence-corrected chi connectivity index (χ3v) is 4.27. The van der Waals surface area contributed by atoms with Crippen molar-refractivity contribution in [2.24, 2.45) is 0 Å². The number of ether oxygens (including phenoxy) is 1. The highest BCUT2D eigenvalue weighted by Crippen LogP contribution is 2.32. The van der Waals surface area contributed by atoms with Gasteiger partial charge in [-0.15, -0.1) is 0 Å². The normalized spacial score (nSPS) is 15.7. The van der Waals surface area contributed by atoms with Crippen LogP contribution in [-0.4, -0.2) is 23.1 Å². The molecule has 0 aromatic carbocycles. The number of nitrogens with zero attached hydrogens (tertiary/aromatic N) is 2. The molecule has 1 fully saturated rings. The van der Waals surface area contributed by atoms with E-state index in [0.29, 0.717) is 5.92 Å². The highest BCUT2D eigenvalue weighted by atomic mass is 16.5. The van der Waals surface area contributed by atoms with Crippen LogP contribution >= 0.6 is 0 Å². The van der Waals surface area contributed by atoms with Gasteiger partial charge in [-0.05, 0) is 25.7 Å². The van der Waals surface area contributed by atoms with Crippen LogP contribution in [0.3, 0.4) is 0 Å². The van der Waals surface area contributed by atoms with E-state index in [0.717, 1.165) is 49.9 Å². The molecule has 0 amide bonds. The molecule has 1 aromatic heterocycles. The summed E-state index contributed by atoms with van der Waals surface area (Å²) in [6, 6.07) is 1.96. The number of nitrogens with one attached hydrogen (secondary N) is 1. The maximum absolute atomic E-state index is 5.83. The Bertz CT molecular complexity index is 402. The third kappa shape index (κ3) is 5.47. The molecule has 0 spiro atoms. The Morgan fingerprint density at radius 2 is 1.86 bits per heavy atom. The summed E-state index contributed by atoms with van der Waals surface area (Å²) in [5.74, 6) is 3.15. The lowest BCUT2D eigenvalue weighted by Gasteiger charge is -2.21. The summed E-state index contributed by atoms with van der Waals surface area (Å²) in [6.07, 6.45) is 10.9. The van der Waals surface area contributed by atoms with Crippen molar-refractivity contribution in [3.05, 3.63) is 11.9 Å². The minimum atomic E-state index is 0.509. The van der Waals surface area contributed by atoms with Crippen LogP contribution in [-0.2, 0) is 0 Å². The first-order chi connectivity index (χ1) is 10.8. The largest absolute Gasteiger partial charge is 0.478 e. The molecule has 1 aromatic rings. The van der Waals surface area contributed by atoms with E-state index in [2.05, 4.69) is 24.1 Å². The number of anilines is 1. The highest BCUT2D eigenvalue weighted by Gasteiger charge is 2.19. The van der Waals surface area contributed by atoms with Gasteiger partial charge in [0.15, 0.2) is 0 Å². The number of hydrogen-bond acceptors (Lipinski definition) is 4. The maximum Gasteiger partial charge on any atom is 0.218 e. The zero-order valence-electron chi connectivity index (χ0n) is 14.2. The SMILES string of the molecule is CCCCNc1cc(OCCCC)nc(C2CCCCC2)n1. The van der Waals surface area contributed by atoms with Crippen LogP contribution in [0.4, 0.5) is 5.82 Å². The molecule has 124 valence electrons. The van der Waals surface area contributed by atoms with E-state index in [1.165, 1.54) is 38.5 Å². The van der Waals surface area contributed by atoms with Crippen LogP contribution in [0.2, 0.25) is 0 Å². The minimum absolute atomic E-state index is 0.509. The lowest BCUT2D eigenvalue weighted by molar-refractivity contribution is 0.294. The average molecular weight is 305 g/mol. The van der Waals surface area contributed by atoms with Crippen LogP contribution < -0.4 is 10.1 Å². The molecule has 1 saturated carbocycles. The Morgan fingerprint density at radius 3 is 2.59 bits per heavy atom. The van der Waals surface area contributed by atoms with Gasteiger partial charge in [-0.3, -0.25) is 0 Å². The lowest BCUT2D eigenvalue weighted by Crippen LogP contribution is -2.13. The van der Waals surface area contributed by atoms with Crippen molar-refractivity contribution < 1.29 is 4.74 Å². The van der Waals surface area contributed by atoms with Gasteiger partial charge in [0.05, 0.1) is 6.61 Å². The van der Waals surface area contributed by atoms with Crippen molar-refractivity contribution >= 4 is 5.82 Å². The number of unbranched alkanes of at least 4 members (excludes halogenated alkanes) is 2. The molecule has 1 heterocycles. The topological polar surface area (TPSA) is 47.0 Å². The predicted molar refractivity (Wildman–Crippen MR) is 91.7 cm³/mol. The van der Waals surface area contributed by atoms with Gasteiger partial charge in [0.2, 0.25) is 5.88 Å². The fourth-order valence-electron chi connectivity index (χ4n) is 2.86. The number of hydrogen-bond donors (Lipinski definition) is 1. The van der Waals surface area contributed by atoms with Gasteiger partial charge in [-0.2, -0.15) is 4.98 Å². The second-order valence-electron chi connectivity index (χ2n) is 6.27. The van der Waals surface area contributed by atoms with Crippen molar-refractivity contribution in [2.45, 2.75) is 77.6 Å². The Hall–Kier alpha value is -1.32. The van der Waals surface area contributed by atoms with Crippen molar-refractivity contribution in [1.82, 2.24) is 9.97 Å². The average Bonchev–Trinajstić information content (AvgIpc) is 2.56. The zero-order valence-corrected chi connectivity index (χ0v) is 14.2. The summed E-state index contributed by atoms with van der Waals surface area (Å²) < 4.78 is 5.83. The molecular formula is C18H31N3O. The molecule has 0 radical (unpaired) electrons. The molecule has 1 aliphatic rings. The molecule has 2 rings (SSSR count). The molecule has 4 heteroatoms. The van der Waals surface area contributed by atoms with Crippen molar-refractivity contribution in [2.75, 3.05) is 18.5 Å². The first-order valence-electron chi connectivity index (χ1n) is 9.09. The zero-order chi connectivity index (χ0) is 15.6. The summed E-state index contributed by atoms with van der Waals surface area (Å²) in [4.78, 5) is 9.44. The van der Waals surface area contributed by atoms with E-state index in [1.54, 1.807) is 0 Å². The molecule has 0 unspecified atom stereocenters. The summed E-state index contributed by atoms with van der Waals surface area (Å²) >= 11 is 0. The Morgan fingerprint density at radius 1 is 1.09 bits per heavy atom. The summed E-state index contributed by atoms with van der Waals surface area (Å²) in [7, 11) is 0. The quantitative estimate of drug-likeness (QED) is 0.658. The fraction of sp³-hybridized carbons (Fsp3) is 0.778. The maximum atomic E-state index is 5.83. The van der Waals surface area contributed by atoms with Crippen LogP contribution in [0.25, 0.3) is 0 Å². The summed E-state index contributed by atoms with van der Waals surface area (Å²) in [5, 5.41) is 3.42. The second-order valence-corrected chi connectivity index (χ2v) is 6.27. The molecule has 1 N–H and O–H groups in total. The number of rotatable bonds is 9. The van der Waals surface area contributed by atoms with E-state index in [9.17, 15) is 0 Å². The third-order valence-electron chi connectivity index (χ3n) is 4.27. The summed E-state index contributed by atoms with van der Waals surface area (Å²) in [6.45, 7) is 6.08. The minimum Gasteiger partial charge on any atom is -0.478 e. The van der Waals surface area contributed by atoms with Crippen molar-refractivity contribution in [3.63, 3.8) is 0 Å². The molecule has 1 aliphatic carbocycles. The summed E-state index contributed by atoms with van der Waals surface area (Å²) in [5.41, 5.74) is 0. The monoisotopic (exact) mass is 305 g/mol. The Kier molecular flexibility index (Phi) is 7.47. The first kappa shape index (κ1) is 17.0. The van der Waals surface area contributed by atoms with E-state index < -0.39 is 0 Å². The molecular weight excluding hydrogens is 274 g/mol. The smallest absolute Gasteiger partial charge is 0.218 e. The van der Waals surface area contributed by atoms with Crippen LogP contribution in [0.5, 0.6) is 5.88 Å². The molecule has 0 atom stereocenters. The van der Waals surface area contributed by atoms with Crippen LogP contribution in [0, 0.1) is 0 Å². The van der Waals surface area contributed by atoms with Gasteiger partial charge in [-0.1, -0.05) is 46.0 Å². The van der Waals surface area contributed by atoms with Gasteiger partial charge >= 0.3 is 0 Å². The predicted octanol–water partition coefficient (Wildman–Crippen LogP) is 4.92. The van der Waals surface area contributed by atoms with E-state index in [1.807, 2.05) is 6.07 Å². The number of aromatic nitrogens is 2. The molecule has 0 saturated heterocycles. The lowest BCUT2D eigenvalue weighted by atomic mass is 9.89. The standard InChI is InChI=1S/C18H31N3O/c1-3-5-12-19-16-14-17(22-13-6-4-2)21-18(20-16)15-10-8-7-9-11-15/h14-15H,3-13H2,1-2H3,(H,19,20,21). The highest BCUT2D eigenvalue weighted by molar-refractivity contribution is 5.39. The van der Waals surface area contributed by atoms with Gasteiger partial charge in [0.1, 0.15) is 11.6 Å². The molecule has 0 bridgehead atoms. The van der Waals surface area contributed by atoms with Crippen LogP contribution in [0.15, 0.2) is 6.07 Å². The Labute approximate surface area is 135 Å². The first-order valence-corrected chi connectivity index (χ1v) is 9.09. The van der Waals surface area contributed by atoms with Crippen molar-refractivity contribution in [3.8, 4) is 5.88 Å². The second kappa shape index (κ2) is 9.65. The van der Waals surface area contributed by atoms with Crippen LogP contribution in [0.1, 0.15) is 83.4 Å². The van der Waals surface area contributed by atoms with Gasteiger partial charge in [0.25, 0.3) is 0 Å².